The monoisotopic (exact) mass is 277 g/mol. The Hall–Kier alpha value is -1.72. The highest BCUT2D eigenvalue weighted by molar-refractivity contribution is 5.23. The van der Waals surface area contributed by atoms with E-state index in [0.717, 1.165) is 5.56 Å². The zero-order valence-corrected chi connectivity index (χ0v) is 12.0. The quantitative estimate of drug-likeness (QED) is 0.880. The van der Waals surface area contributed by atoms with Gasteiger partial charge in [-0.2, -0.15) is 5.10 Å². The summed E-state index contributed by atoms with van der Waals surface area (Å²) in [7, 11) is 1.87. The number of aryl methyl sites for hydroxylation is 1. The van der Waals surface area contributed by atoms with Crippen LogP contribution in [-0.2, 0) is 12.6 Å². The molecule has 108 valence electrons. The number of nitrogens with one attached hydrogen (secondary N) is 1. The molecule has 0 saturated heterocycles. The van der Waals surface area contributed by atoms with Gasteiger partial charge >= 0.3 is 0 Å². The number of nitrogens with zero attached hydrogens (tertiary/aromatic N) is 2. The minimum atomic E-state index is -1.05. The lowest BCUT2D eigenvalue weighted by atomic mass is 9.95. The molecule has 0 spiro atoms. The van der Waals surface area contributed by atoms with Crippen molar-refractivity contribution in [3.05, 3.63) is 53.6 Å². The minimum absolute atomic E-state index is 0.0793. The number of hydrogen-bond donors (Lipinski definition) is 2. The molecule has 0 aliphatic rings. The summed E-state index contributed by atoms with van der Waals surface area (Å²) in [5.41, 5.74) is 0.691. The molecule has 2 unspecified atom stereocenters. The lowest BCUT2D eigenvalue weighted by molar-refractivity contribution is 0.0543. The third-order valence-corrected chi connectivity index (χ3v) is 3.44. The Morgan fingerprint density at radius 3 is 2.60 bits per heavy atom. The van der Waals surface area contributed by atoms with Gasteiger partial charge in [0.25, 0.3) is 0 Å². The molecular formula is C15H20FN3O. The van der Waals surface area contributed by atoms with Crippen LogP contribution >= 0.6 is 0 Å². The summed E-state index contributed by atoms with van der Waals surface area (Å²) < 4.78 is 14.6. The van der Waals surface area contributed by atoms with E-state index < -0.39 is 5.60 Å². The van der Waals surface area contributed by atoms with E-state index in [9.17, 15) is 9.50 Å². The summed E-state index contributed by atoms with van der Waals surface area (Å²) in [5.74, 6) is -0.304. The molecule has 0 radical (unpaired) electrons. The predicted octanol–water partition coefficient (Wildman–Crippen LogP) is 2.12. The lowest BCUT2D eigenvalue weighted by Gasteiger charge is -2.26. The van der Waals surface area contributed by atoms with E-state index in [-0.39, 0.29) is 11.9 Å². The van der Waals surface area contributed by atoms with Gasteiger partial charge in [-0.1, -0.05) is 12.1 Å². The highest BCUT2D eigenvalue weighted by atomic mass is 19.1. The second kappa shape index (κ2) is 5.73. The van der Waals surface area contributed by atoms with Gasteiger partial charge in [-0.15, -0.1) is 0 Å². The smallest absolute Gasteiger partial charge is 0.123 e. The van der Waals surface area contributed by atoms with E-state index in [1.165, 1.54) is 12.1 Å². The number of aromatic nitrogens is 2. The Balaban J connectivity index is 2.00. The first kappa shape index (κ1) is 14.7. The molecule has 2 rings (SSSR count). The normalized spacial score (nSPS) is 15.8. The molecular weight excluding hydrogens is 257 g/mol. The van der Waals surface area contributed by atoms with Gasteiger partial charge in [0.15, 0.2) is 0 Å². The largest absolute Gasteiger partial charge is 0.384 e. The number of benzene rings is 1. The topological polar surface area (TPSA) is 50.1 Å². The number of rotatable bonds is 5. The average Bonchev–Trinajstić information content (AvgIpc) is 2.83. The highest BCUT2D eigenvalue weighted by Gasteiger charge is 2.23. The van der Waals surface area contributed by atoms with Crippen molar-refractivity contribution in [2.75, 3.05) is 6.54 Å². The summed E-state index contributed by atoms with van der Waals surface area (Å²) in [5, 5.41) is 17.9. The van der Waals surface area contributed by atoms with Crippen molar-refractivity contribution in [3.63, 3.8) is 0 Å². The molecule has 20 heavy (non-hydrogen) atoms. The molecule has 1 heterocycles. The van der Waals surface area contributed by atoms with E-state index in [2.05, 4.69) is 10.4 Å². The Labute approximate surface area is 118 Å². The van der Waals surface area contributed by atoms with Crippen molar-refractivity contribution in [1.29, 1.82) is 0 Å². The van der Waals surface area contributed by atoms with Crippen LogP contribution in [0.3, 0.4) is 0 Å². The average molecular weight is 277 g/mol. The fourth-order valence-corrected chi connectivity index (χ4v) is 2.04. The molecule has 0 saturated carbocycles. The van der Waals surface area contributed by atoms with E-state index in [1.807, 2.05) is 20.2 Å². The van der Waals surface area contributed by atoms with E-state index in [4.69, 9.17) is 0 Å². The maximum Gasteiger partial charge on any atom is 0.123 e. The van der Waals surface area contributed by atoms with Gasteiger partial charge in [0.2, 0.25) is 0 Å². The van der Waals surface area contributed by atoms with Gasteiger partial charge in [-0.05, 0) is 31.5 Å². The van der Waals surface area contributed by atoms with Crippen LogP contribution in [0.4, 0.5) is 4.39 Å². The van der Waals surface area contributed by atoms with Crippen molar-refractivity contribution < 1.29 is 9.50 Å². The first-order chi connectivity index (χ1) is 9.38. The minimum Gasteiger partial charge on any atom is -0.384 e. The van der Waals surface area contributed by atoms with Gasteiger partial charge in [0, 0.05) is 31.4 Å². The van der Waals surface area contributed by atoms with Crippen molar-refractivity contribution in [3.8, 4) is 0 Å². The fraction of sp³-hybridized carbons (Fsp3) is 0.400. The van der Waals surface area contributed by atoms with Crippen LogP contribution in [0.5, 0.6) is 0 Å². The Morgan fingerprint density at radius 2 is 2.05 bits per heavy atom. The molecule has 1 aromatic heterocycles. The van der Waals surface area contributed by atoms with Crippen molar-refractivity contribution in [2.24, 2.45) is 7.05 Å². The van der Waals surface area contributed by atoms with Crippen LogP contribution in [0.1, 0.15) is 31.0 Å². The van der Waals surface area contributed by atoms with E-state index >= 15 is 0 Å². The standard InChI is InChI=1S/C15H20FN3O/c1-11(12-8-18-19(3)9-12)17-10-15(2,20)13-4-6-14(16)7-5-13/h4-9,11,17,20H,10H2,1-3H3. The summed E-state index contributed by atoms with van der Waals surface area (Å²) in [6.45, 7) is 4.09. The molecule has 0 aliphatic carbocycles. The van der Waals surface area contributed by atoms with E-state index in [1.54, 1.807) is 29.9 Å². The Bertz CT molecular complexity index is 563. The molecule has 0 aliphatic heterocycles. The molecule has 2 N–H and O–H groups in total. The molecule has 0 bridgehead atoms. The van der Waals surface area contributed by atoms with Gasteiger partial charge in [0.05, 0.1) is 11.8 Å². The maximum absolute atomic E-state index is 12.9. The van der Waals surface area contributed by atoms with Gasteiger partial charge < -0.3 is 10.4 Å². The van der Waals surface area contributed by atoms with Crippen LogP contribution in [0, 0.1) is 5.82 Å². The third-order valence-electron chi connectivity index (χ3n) is 3.44. The Morgan fingerprint density at radius 1 is 1.40 bits per heavy atom. The summed E-state index contributed by atoms with van der Waals surface area (Å²) >= 11 is 0. The number of hydrogen-bond acceptors (Lipinski definition) is 3. The predicted molar refractivity (Wildman–Crippen MR) is 75.6 cm³/mol. The zero-order valence-electron chi connectivity index (χ0n) is 12.0. The summed E-state index contributed by atoms with van der Waals surface area (Å²) in [6, 6.07) is 6.00. The first-order valence-corrected chi connectivity index (χ1v) is 6.59. The van der Waals surface area contributed by atoms with Crippen LogP contribution < -0.4 is 5.32 Å². The van der Waals surface area contributed by atoms with Gasteiger partial charge in [-0.3, -0.25) is 4.68 Å². The molecule has 2 aromatic rings. The summed E-state index contributed by atoms with van der Waals surface area (Å²) in [4.78, 5) is 0. The van der Waals surface area contributed by atoms with Gasteiger partial charge in [0.1, 0.15) is 5.82 Å². The number of halogens is 1. The van der Waals surface area contributed by atoms with E-state index in [0.29, 0.717) is 12.1 Å². The van der Waals surface area contributed by atoms with Crippen LogP contribution in [-0.4, -0.2) is 21.4 Å². The number of aliphatic hydroxyl groups is 1. The second-order valence-corrected chi connectivity index (χ2v) is 5.33. The third kappa shape index (κ3) is 3.43. The van der Waals surface area contributed by atoms with Crippen LogP contribution in [0.2, 0.25) is 0 Å². The van der Waals surface area contributed by atoms with Crippen LogP contribution in [0.25, 0.3) is 0 Å². The van der Waals surface area contributed by atoms with Crippen molar-refractivity contribution >= 4 is 0 Å². The van der Waals surface area contributed by atoms with Crippen molar-refractivity contribution in [1.82, 2.24) is 15.1 Å². The fourth-order valence-electron chi connectivity index (χ4n) is 2.04. The lowest BCUT2D eigenvalue weighted by Crippen LogP contribution is -2.36. The maximum atomic E-state index is 12.9. The molecule has 4 nitrogen and oxygen atoms in total. The molecule has 2 atom stereocenters. The first-order valence-electron chi connectivity index (χ1n) is 6.59. The molecule has 0 amide bonds. The molecule has 0 fully saturated rings. The van der Waals surface area contributed by atoms with Crippen LogP contribution in [0.15, 0.2) is 36.7 Å². The van der Waals surface area contributed by atoms with Gasteiger partial charge in [-0.25, -0.2) is 4.39 Å². The molecule has 1 aromatic carbocycles. The SMILES string of the molecule is CC(NCC(C)(O)c1ccc(F)cc1)c1cnn(C)c1. The van der Waals surface area contributed by atoms with Crippen molar-refractivity contribution in [2.45, 2.75) is 25.5 Å². The molecule has 5 heteroatoms. The zero-order chi connectivity index (χ0) is 14.8. The second-order valence-electron chi connectivity index (χ2n) is 5.33. The Kier molecular flexibility index (Phi) is 4.20. The summed E-state index contributed by atoms with van der Waals surface area (Å²) in [6.07, 6.45) is 3.73. The highest BCUT2D eigenvalue weighted by Crippen LogP contribution is 2.21.